The maximum Gasteiger partial charge on any atom is 0.271 e. The molecule has 17 heavy (non-hydrogen) atoms. The first-order valence-electron chi connectivity index (χ1n) is 5.78. The molecule has 6 heteroatoms. The van der Waals surface area contributed by atoms with E-state index in [1.54, 1.807) is 6.07 Å². The van der Waals surface area contributed by atoms with Crippen LogP contribution in [0.15, 0.2) is 6.07 Å². The van der Waals surface area contributed by atoms with Gasteiger partial charge in [-0.3, -0.25) is 9.89 Å². The molecule has 1 aliphatic carbocycles. The van der Waals surface area contributed by atoms with Gasteiger partial charge in [-0.2, -0.15) is 5.10 Å². The van der Waals surface area contributed by atoms with E-state index in [0.717, 1.165) is 12.1 Å². The Morgan fingerprint density at radius 1 is 1.71 bits per heavy atom. The van der Waals surface area contributed by atoms with Crippen molar-refractivity contribution >= 4 is 18.3 Å². The first kappa shape index (κ1) is 14.0. The Morgan fingerprint density at radius 2 is 2.41 bits per heavy atom. The number of amides is 1. The molecule has 1 aromatic heterocycles. The van der Waals surface area contributed by atoms with E-state index in [2.05, 4.69) is 15.5 Å². The molecular weight excluding hydrogens is 240 g/mol. The molecule has 1 atom stereocenters. The van der Waals surface area contributed by atoms with Crippen molar-refractivity contribution < 1.29 is 4.79 Å². The summed E-state index contributed by atoms with van der Waals surface area (Å²) in [7, 11) is 0. The first-order chi connectivity index (χ1) is 7.70. The summed E-state index contributed by atoms with van der Waals surface area (Å²) in [6.45, 7) is 2.55. The van der Waals surface area contributed by atoms with Gasteiger partial charge in [0.05, 0.1) is 0 Å². The number of carbonyl (C=O) groups is 1. The van der Waals surface area contributed by atoms with Gasteiger partial charge in [-0.15, -0.1) is 12.4 Å². The lowest BCUT2D eigenvalue weighted by atomic mass is 10.2. The Labute approximate surface area is 107 Å². The fourth-order valence-corrected chi connectivity index (χ4v) is 1.65. The van der Waals surface area contributed by atoms with E-state index in [9.17, 15) is 4.79 Å². The van der Waals surface area contributed by atoms with Gasteiger partial charge in [0.15, 0.2) is 0 Å². The van der Waals surface area contributed by atoms with Gasteiger partial charge in [0.25, 0.3) is 5.91 Å². The van der Waals surface area contributed by atoms with E-state index >= 15 is 0 Å². The molecule has 0 radical (unpaired) electrons. The average Bonchev–Trinajstić information content (AvgIpc) is 3.03. The number of aromatic amines is 1. The second-order valence-corrected chi connectivity index (χ2v) is 4.34. The van der Waals surface area contributed by atoms with Gasteiger partial charge in [-0.25, -0.2) is 0 Å². The van der Waals surface area contributed by atoms with Crippen LogP contribution in [0, 0.1) is 5.92 Å². The van der Waals surface area contributed by atoms with Crippen molar-refractivity contribution in [1.82, 2.24) is 15.5 Å². The van der Waals surface area contributed by atoms with Gasteiger partial charge >= 0.3 is 0 Å². The highest BCUT2D eigenvalue weighted by atomic mass is 35.5. The van der Waals surface area contributed by atoms with Gasteiger partial charge in [0.1, 0.15) is 5.69 Å². The molecule has 5 nitrogen and oxygen atoms in total. The molecule has 1 aliphatic rings. The molecule has 0 aliphatic heterocycles. The molecule has 0 saturated heterocycles. The van der Waals surface area contributed by atoms with Crippen LogP contribution in [0.25, 0.3) is 0 Å². The van der Waals surface area contributed by atoms with Crippen molar-refractivity contribution in [2.24, 2.45) is 11.7 Å². The maximum absolute atomic E-state index is 11.7. The summed E-state index contributed by atoms with van der Waals surface area (Å²) in [6, 6.07) is 1.87. The zero-order valence-corrected chi connectivity index (χ0v) is 10.7. The molecule has 96 valence electrons. The molecule has 0 aromatic carbocycles. The van der Waals surface area contributed by atoms with Crippen molar-refractivity contribution in [3.8, 4) is 0 Å². The molecule has 0 spiro atoms. The number of aryl methyl sites for hydroxylation is 1. The minimum Gasteiger partial charge on any atom is -0.349 e. The quantitative estimate of drug-likeness (QED) is 0.733. The summed E-state index contributed by atoms with van der Waals surface area (Å²) < 4.78 is 0. The van der Waals surface area contributed by atoms with Gasteiger partial charge in [-0.1, -0.05) is 6.92 Å². The van der Waals surface area contributed by atoms with E-state index in [1.165, 1.54) is 12.8 Å². The van der Waals surface area contributed by atoms with Crippen LogP contribution >= 0.6 is 12.4 Å². The summed E-state index contributed by atoms with van der Waals surface area (Å²) >= 11 is 0. The minimum absolute atomic E-state index is 0. The van der Waals surface area contributed by atoms with Gasteiger partial charge in [0, 0.05) is 18.3 Å². The van der Waals surface area contributed by atoms with Crippen LogP contribution in [0.4, 0.5) is 0 Å². The highest BCUT2D eigenvalue weighted by molar-refractivity contribution is 5.92. The van der Waals surface area contributed by atoms with Crippen LogP contribution in [0.3, 0.4) is 0 Å². The highest BCUT2D eigenvalue weighted by Gasteiger charge is 2.28. The molecule has 1 aromatic rings. The summed E-state index contributed by atoms with van der Waals surface area (Å²) in [5.41, 5.74) is 7.31. The molecule has 1 amide bonds. The smallest absolute Gasteiger partial charge is 0.271 e. The summed E-state index contributed by atoms with van der Waals surface area (Å²) in [6.07, 6.45) is 3.24. The number of aromatic nitrogens is 2. The first-order valence-corrected chi connectivity index (χ1v) is 5.78. The predicted molar refractivity (Wildman–Crippen MR) is 68.2 cm³/mol. The van der Waals surface area contributed by atoms with Crippen LogP contribution in [0.1, 0.15) is 35.9 Å². The summed E-state index contributed by atoms with van der Waals surface area (Å²) in [5, 5.41) is 9.58. The van der Waals surface area contributed by atoms with Crippen LogP contribution in [0.5, 0.6) is 0 Å². The van der Waals surface area contributed by atoms with Crippen molar-refractivity contribution in [1.29, 1.82) is 0 Å². The second-order valence-electron chi connectivity index (χ2n) is 4.34. The summed E-state index contributed by atoms with van der Waals surface area (Å²) in [5.74, 6) is 0.456. The molecule has 4 N–H and O–H groups in total. The topological polar surface area (TPSA) is 83.8 Å². The van der Waals surface area contributed by atoms with Crippen molar-refractivity contribution in [3.05, 3.63) is 17.5 Å². The zero-order chi connectivity index (χ0) is 11.5. The maximum atomic E-state index is 11.7. The van der Waals surface area contributed by atoms with E-state index in [4.69, 9.17) is 5.73 Å². The summed E-state index contributed by atoms with van der Waals surface area (Å²) in [4.78, 5) is 11.7. The van der Waals surface area contributed by atoms with Crippen molar-refractivity contribution in [2.75, 3.05) is 6.54 Å². The number of nitrogens with two attached hydrogens (primary N) is 1. The third kappa shape index (κ3) is 3.71. The average molecular weight is 259 g/mol. The number of nitrogens with one attached hydrogen (secondary N) is 2. The van der Waals surface area contributed by atoms with Crippen LogP contribution in [0.2, 0.25) is 0 Å². The van der Waals surface area contributed by atoms with Crippen LogP contribution < -0.4 is 11.1 Å². The molecular formula is C11H19ClN4O. The normalized spacial score (nSPS) is 16.1. The Kier molecular flexibility index (Phi) is 4.96. The SMILES string of the molecule is CCc1cc(C(=O)NCC(N)C2CC2)n[nH]1.Cl. The molecule has 1 heterocycles. The van der Waals surface area contributed by atoms with E-state index in [-0.39, 0.29) is 24.4 Å². The fourth-order valence-electron chi connectivity index (χ4n) is 1.65. The van der Waals surface area contributed by atoms with E-state index in [1.807, 2.05) is 6.92 Å². The van der Waals surface area contributed by atoms with Gasteiger partial charge < -0.3 is 11.1 Å². The van der Waals surface area contributed by atoms with Crippen LogP contribution in [-0.2, 0) is 6.42 Å². The fraction of sp³-hybridized carbons (Fsp3) is 0.636. The lowest BCUT2D eigenvalue weighted by Gasteiger charge is -2.10. The Hall–Kier alpha value is -1.07. The van der Waals surface area contributed by atoms with Gasteiger partial charge in [0.2, 0.25) is 0 Å². The predicted octanol–water partition coefficient (Wildman–Crippen LogP) is 0.861. The number of halogens is 1. The highest BCUT2D eigenvalue weighted by Crippen LogP contribution is 2.31. The number of hydrogen-bond donors (Lipinski definition) is 3. The number of H-pyrrole nitrogens is 1. The molecule has 2 rings (SSSR count). The monoisotopic (exact) mass is 258 g/mol. The van der Waals surface area contributed by atoms with Crippen LogP contribution in [-0.4, -0.2) is 28.7 Å². The molecule has 1 saturated carbocycles. The standard InChI is InChI=1S/C11H18N4O.ClH/c1-2-8-5-10(15-14-8)11(16)13-6-9(12)7-3-4-7;/h5,7,9H,2-4,6,12H2,1H3,(H,13,16)(H,14,15);1H. The van der Waals surface area contributed by atoms with Crippen molar-refractivity contribution in [3.63, 3.8) is 0 Å². The molecule has 1 fully saturated rings. The number of carbonyl (C=O) groups excluding carboxylic acids is 1. The minimum atomic E-state index is -0.146. The molecule has 0 bridgehead atoms. The zero-order valence-electron chi connectivity index (χ0n) is 9.90. The van der Waals surface area contributed by atoms with Gasteiger partial charge in [-0.05, 0) is 31.2 Å². The number of hydrogen-bond acceptors (Lipinski definition) is 3. The largest absolute Gasteiger partial charge is 0.349 e. The van der Waals surface area contributed by atoms with E-state index < -0.39 is 0 Å². The Bertz CT molecular complexity index is 375. The second kappa shape index (κ2) is 6.02. The number of rotatable bonds is 5. The Morgan fingerprint density at radius 3 is 2.94 bits per heavy atom. The lowest BCUT2D eigenvalue weighted by molar-refractivity contribution is 0.0945. The Balaban J connectivity index is 0.00000144. The van der Waals surface area contributed by atoms with Crippen molar-refractivity contribution in [2.45, 2.75) is 32.2 Å². The third-order valence-electron chi connectivity index (χ3n) is 2.97. The lowest BCUT2D eigenvalue weighted by Crippen LogP contribution is -2.38. The number of nitrogens with zero attached hydrogens (tertiary/aromatic N) is 1. The van der Waals surface area contributed by atoms with E-state index in [0.29, 0.717) is 18.2 Å². The molecule has 1 unspecified atom stereocenters. The third-order valence-corrected chi connectivity index (χ3v) is 2.97.